The van der Waals surface area contributed by atoms with Crippen LogP contribution in [0.5, 0.6) is 11.5 Å². The first kappa shape index (κ1) is 16.5. The minimum absolute atomic E-state index is 0.110. The number of piperazine rings is 1. The highest BCUT2D eigenvalue weighted by molar-refractivity contribution is 5.93. The third-order valence-corrected chi connectivity index (χ3v) is 4.72. The van der Waals surface area contributed by atoms with Crippen molar-refractivity contribution >= 4 is 11.8 Å². The van der Waals surface area contributed by atoms with Crippen molar-refractivity contribution in [1.82, 2.24) is 9.80 Å². The van der Waals surface area contributed by atoms with Gasteiger partial charge in [-0.15, -0.1) is 0 Å². The number of aryl methyl sites for hydroxylation is 1. The summed E-state index contributed by atoms with van der Waals surface area (Å²) in [5, 5.41) is 0. The molecule has 7 heteroatoms. The molecule has 2 aromatic rings. The fourth-order valence-corrected chi connectivity index (χ4v) is 3.21. The van der Waals surface area contributed by atoms with E-state index in [2.05, 4.69) is 0 Å². The third-order valence-electron chi connectivity index (χ3n) is 4.72. The summed E-state index contributed by atoms with van der Waals surface area (Å²) in [6.07, 6.45) is 0.861. The SMILES string of the molecule is Cc1ccoc1C(=O)N1CCN(C(=O)[C@@H]2COc3ccccc3O2)CC1. The summed E-state index contributed by atoms with van der Waals surface area (Å²) in [6, 6.07) is 9.08. The lowest BCUT2D eigenvalue weighted by atomic mass is 10.2. The summed E-state index contributed by atoms with van der Waals surface area (Å²) in [5.41, 5.74) is 0.819. The number of ether oxygens (including phenoxy) is 2. The number of para-hydroxylation sites is 2. The predicted octanol–water partition coefficient (Wildman–Crippen LogP) is 1.71. The van der Waals surface area contributed by atoms with Crippen molar-refractivity contribution < 1.29 is 23.5 Å². The summed E-state index contributed by atoms with van der Waals surface area (Å²) in [6.45, 7) is 3.90. The Morgan fingerprint density at radius 3 is 2.38 bits per heavy atom. The highest BCUT2D eigenvalue weighted by Crippen LogP contribution is 2.31. The fraction of sp³-hybridized carbons (Fsp3) is 0.368. The van der Waals surface area contributed by atoms with Gasteiger partial charge >= 0.3 is 0 Å². The molecule has 1 atom stereocenters. The summed E-state index contributed by atoms with van der Waals surface area (Å²) in [7, 11) is 0. The molecule has 26 heavy (non-hydrogen) atoms. The summed E-state index contributed by atoms with van der Waals surface area (Å²) in [5.74, 6) is 1.36. The fourth-order valence-electron chi connectivity index (χ4n) is 3.21. The molecule has 2 amide bonds. The van der Waals surface area contributed by atoms with Gasteiger partial charge < -0.3 is 23.7 Å². The number of carbonyl (C=O) groups excluding carboxylic acids is 2. The van der Waals surface area contributed by atoms with Crippen LogP contribution >= 0.6 is 0 Å². The first-order chi connectivity index (χ1) is 12.6. The number of benzene rings is 1. The largest absolute Gasteiger partial charge is 0.485 e. The number of rotatable bonds is 2. The van der Waals surface area contributed by atoms with E-state index in [1.54, 1.807) is 21.9 Å². The molecule has 7 nitrogen and oxygen atoms in total. The van der Waals surface area contributed by atoms with Gasteiger partial charge in [0.25, 0.3) is 11.8 Å². The molecule has 1 fully saturated rings. The molecule has 1 aromatic carbocycles. The van der Waals surface area contributed by atoms with Crippen LogP contribution in [0.15, 0.2) is 41.0 Å². The van der Waals surface area contributed by atoms with Gasteiger partial charge in [-0.1, -0.05) is 12.1 Å². The van der Waals surface area contributed by atoms with Crippen molar-refractivity contribution in [1.29, 1.82) is 0 Å². The normalized spacial score (nSPS) is 19.3. The lowest BCUT2D eigenvalue weighted by molar-refractivity contribution is -0.142. The predicted molar refractivity (Wildman–Crippen MR) is 92.3 cm³/mol. The second kappa shape index (κ2) is 6.74. The van der Waals surface area contributed by atoms with Crippen LogP contribution in [0.4, 0.5) is 0 Å². The molecule has 0 unspecified atom stereocenters. The van der Waals surface area contributed by atoms with Crippen molar-refractivity contribution in [3.63, 3.8) is 0 Å². The van der Waals surface area contributed by atoms with Crippen LogP contribution in [-0.4, -0.2) is 60.5 Å². The van der Waals surface area contributed by atoms with E-state index >= 15 is 0 Å². The lowest BCUT2D eigenvalue weighted by Gasteiger charge is -2.36. The smallest absolute Gasteiger partial charge is 0.289 e. The first-order valence-corrected chi connectivity index (χ1v) is 8.64. The highest BCUT2D eigenvalue weighted by atomic mass is 16.6. The number of fused-ring (bicyclic) bond motifs is 1. The molecular formula is C19H20N2O5. The Morgan fingerprint density at radius 2 is 1.69 bits per heavy atom. The van der Waals surface area contributed by atoms with Gasteiger partial charge in [-0.2, -0.15) is 0 Å². The Bertz CT molecular complexity index is 823. The van der Waals surface area contributed by atoms with Gasteiger partial charge in [0.1, 0.15) is 6.61 Å². The van der Waals surface area contributed by atoms with Crippen LogP contribution in [0.25, 0.3) is 0 Å². The molecule has 136 valence electrons. The van der Waals surface area contributed by atoms with Gasteiger partial charge in [-0.3, -0.25) is 9.59 Å². The molecule has 3 heterocycles. The van der Waals surface area contributed by atoms with Crippen LogP contribution in [0.3, 0.4) is 0 Å². The molecule has 0 bridgehead atoms. The van der Waals surface area contributed by atoms with Crippen molar-refractivity contribution in [2.75, 3.05) is 32.8 Å². The van der Waals surface area contributed by atoms with E-state index in [1.807, 2.05) is 25.1 Å². The van der Waals surface area contributed by atoms with E-state index in [-0.39, 0.29) is 18.4 Å². The third kappa shape index (κ3) is 3.00. The topological polar surface area (TPSA) is 72.2 Å². The Kier molecular flexibility index (Phi) is 4.28. The Balaban J connectivity index is 1.36. The molecule has 0 saturated carbocycles. The molecule has 0 spiro atoms. The van der Waals surface area contributed by atoms with Gasteiger partial charge in [-0.05, 0) is 25.1 Å². The lowest BCUT2D eigenvalue weighted by Crippen LogP contribution is -2.55. The molecule has 0 radical (unpaired) electrons. The number of amides is 2. The van der Waals surface area contributed by atoms with Gasteiger partial charge in [0.2, 0.25) is 6.10 Å². The Morgan fingerprint density at radius 1 is 1.00 bits per heavy atom. The standard InChI is InChI=1S/C19H20N2O5/c1-13-6-11-24-17(13)19(23)21-9-7-20(8-10-21)18(22)16-12-25-14-4-2-3-5-15(14)26-16/h2-6,11,16H,7-10,12H2,1H3/t16-/m0/s1. The molecule has 1 aromatic heterocycles. The number of furan rings is 1. The summed E-state index contributed by atoms with van der Waals surface area (Å²) in [4.78, 5) is 28.6. The number of hydrogen-bond acceptors (Lipinski definition) is 5. The van der Waals surface area contributed by atoms with Gasteiger partial charge in [-0.25, -0.2) is 0 Å². The monoisotopic (exact) mass is 356 g/mol. The maximum Gasteiger partial charge on any atom is 0.289 e. The summed E-state index contributed by atoms with van der Waals surface area (Å²) < 4.78 is 16.7. The number of nitrogens with zero attached hydrogens (tertiary/aromatic N) is 2. The average Bonchev–Trinajstić information content (AvgIpc) is 3.12. The number of hydrogen-bond donors (Lipinski definition) is 0. The van der Waals surface area contributed by atoms with Crippen LogP contribution in [0, 0.1) is 6.92 Å². The van der Waals surface area contributed by atoms with E-state index < -0.39 is 6.10 Å². The van der Waals surface area contributed by atoms with Crippen LogP contribution in [0.2, 0.25) is 0 Å². The maximum atomic E-state index is 12.7. The van der Waals surface area contributed by atoms with Gasteiger partial charge in [0.05, 0.1) is 6.26 Å². The minimum atomic E-state index is -0.653. The molecule has 4 rings (SSSR count). The quantitative estimate of drug-likeness (QED) is 0.819. The summed E-state index contributed by atoms with van der Waals surface area (Å²) >= 11 is 0. The van der Waals surface area contributed by atoms with Crippen molar-refractivity contribution in [2.24, 2.45) is 0 Å². The first-order valence-electron chi connectivity index (χ1n) is 8.64. The highest BCUT2D eigenvalue weighted by Gasteiger charge is 2.34. The average molecular weight is 356 g/mol. The van der Waals surface area contributed by atoms with Crippen molar-refractivity contribution in [3.05, 3.63) is 47.9 Å². The van der Waals surface area contributed by atoms with Crippen molar-refractivity contribution in [2.45, 2.75) is 13.0 Å². The van der Waals surface area contributed by atoms with Crippen LogP contribution < -0.4 is 9.47 Å². The zero-order valence-corrected chi connectivity index (χ0v) is 14.5. The molecule has 0 N–H and O–H groups in total. The molecule has 2 aliphatic heterocycles. The Hall–Kier alpha value is -2.96. The molecular weight excluding hydrogens is 336 g/mol. The maximum absolute atomic E-state index is 12.7. The Labute approximate surface area is 151 Å². The minimum Gasteiger partial charge on any atom is -0.485 e. The van der Waals surface area contributed by atoms with E-state index in [0.717, 1.165) is 5.56 Å². The van der Waals surface area contributed by atoms with E-state index in [4.69, 9.17) is 13.9 Å². The molecule has 0 aliphatic carbocycles. The van der Waals surface area contributed by atoms with Gasteiger partial charge in [0.15, 0.2) is 17.3 Å². The second-order valence-electron chi connectivity index (χ2n) is 6.41. The van der Waals surface area contributed by atoms with Crippen molar-refractivity contribution in [3.8, 4) is 11.5 Å². The molecule has 2 aliphatic rings. The van der Waals surface area contributed by atoms with E-state index in [9.17, 15) is 9.59 Å². The van der Waals surface area contributed by atoms with Crippen LogP contribution in [0.1, 0.15) is 16.1 Å². The van der Waals surface area contributed by atoms with Crippen LogP contribution in [-0.2, 0) is 4.79 Å². The molecule has 1 saturated heterocycles. The number of carbonyl (C=O) groups is 2. The van der Waals surface area contributed by atoms with Gasteiger partial charge in [0, 0.05) is 31.7 Å². The van der Waals surface area contributed by atoms with E-state index in [0.29, 0.717) is 43.4 Å². The second-order valence-corrected chi connectivity index (χ2v) is 6.41. The zero-order chi connectivity index (χ0) is 18.1. The zero-order valence-electron chi connectivity index (χ0n) is 14.5. The van der Waals surface area contributed by atoms with E-state index in [1.165, 1.54) is 6.26 Å².